The number of carbonyl (C=O) groups is 2. The van der Waals surface area contributed by atoms with E-state index in [1.807, 2.05) is 78.2 Å². The smallest absolute Gasteiger partial charge is 0.237 e. The van der Waals surface area contributed by atoms with E-state index in [9.17, 15) is 9.59 Å². The van der Waals surface area contributed by atoms with Crippen molar-refractivity contribution < 1.29 is 14.0 Å². The minimum atomic E-state index is -0.266. The molecular formula is C25H23N5O3S. The molecule has 0 unspecified atom stereocenters. The van der Waals surface area contributed by atoms with Gasteiger partial charge in [-0.2, -0.15) is 0 Å². The molecular weight excluding hydrogens is 450 g/mol. The molecule has 0 radical (unpaired) electrons. The van der Waals surface area contributed by atoms with Crippen LogP contribution in [0.1, 0.15) is 19.1 Å². The van der Waals surface area contributed by atoms with Crippen LogP contribution in [0.25, 0.3) is 11.4 Å². The lowest BCUT2D eigenvalue weighted by Crippen LogP contribution is -2.40. The van der Waals surface area contributed by atoms with E-state index in [1.54, 1.807) is 11.2 Å². The summed E-state index contributed by atoms with van der Waals surface area (Å²) in [6.07, 6.45) is 1.86. The van der Waals surface area contributed by atoms with Crippen molar-refractivity contribution in [1.82, 2.24) is 14.8 Å². The second-order valence-electron chi connectivity index (χ2n) is 8.01. The lowest BCUT2D eigenvalue weighted by molar-refractivity contribution is -0.117. The van der Waals surface area contributed by atoms with Gasteiger partial charge in [-0.25, -0.2) is 0 Å². The number of hydrogen-bond acceptors (Lipinski definition) is 6. The zero-order valence-corrected chi connectivity index (χ0v) is 19.4. The molecule has 0 saturated heterocycles. The third-order valence-electron chi connectivity index (χ3n) is 5.60. The van der Waals surface area contributed by atoms with E-state index >= 15 is 0 Å². The number of benzene rings is 2. The average molecular weight is 474 g/mol. The first-order valence-electron chi connectivity index (χ1n) is 10.9. The fourth-order valence-corrected chi connectivity index (χ4v) is 4.86. The van der Waals surface area contributed by atoms with Gasteiger partial charge in [0, 0.05) is 18.0 Å². The molecule has 5 rings (SSSR count). The molecule has 9 heteroatoms. The van der Waals surface area contributed by atoms with Crippen LogP contribution in [0.5, 0.6) is 0 Å². The van der Waals surface area contributed by atoms with Gasteiger partial charge in [-0.05, 0) is 31.2 Å². The first-order chi connectivity index (χ1) is 16.6. The highest BCUT2D eigenvalue weighted by molar-refractivity contribution is 7.99. The maximum absolute atomic E-state index is 13.4. The first-order valence-corrected chi connectivity index (χ1v) is 11.9. The largest absolute Gasteiger partial charge is 0.467 e. The van der Waals surface area contributed by atoms with Crippen LogP contribution in [0.15, 0.2) is 82.6 Å². The van der Waals surface area contributed by atoms with Crippen LogP contribution in [0.3, 0.4) is 0 Å². The van der Waals surface area contributed by atoms with Crippen molar-refractivity contribution in [3.05, 3.63) is 78.8 Å². The predicted molar refractivity (Wildman–Crippen MR) is 131 cm³/mol. The highest BCUT2D eigenvalue weighted by Gasteiger charge is 2.30. The second kappa shape index (κ2) is 9.56. The van der Waals surface area contributed by atoms with Crippen LogP contribution in [0, 0.1) is 0 Å². The summed E-state index contributed by atoms with van der Waals surface area (Å²) >= 11 is 1.32. The number of carbonyl (C=O) groups excluding carboxylic acids is 2. The number of nitrogens with zero attached hydrogens (tertiary/aromatic N) is 4. The Kier molecular flexibility index (Phi) is 6.18. The predicted octanol–water partition coefficient (Wildman–Crippen LogP) is 4.44. The van der Waals surface area contributed by atoms with E-state index in [4.69, 9.17) is 4.42 Å². The van der Waals surface area contributed by atoms with Gasteiger partial charge in [0.05, 0.1) is 29.9 Å². The summed E-state index contributed by atoms with van der Waals surface area (Å²) < 4.78 is 7.51. The lowest BCUT2D eigenvalue weighted by Gasteiger charge is -2.27. The van der Waals surface area contributed by atoms with Crippen molar-refractivity contribution in [3.63, 3.8) is 0 Å². The Bertz CT molecular complexity index is 1300. The van der Waals surface area contributed by atoms with E-state index in [0.29, 0.717) is 28.9 Å². The van der Waals surface area contributed by atoms with Gasteiger partial charge in [-0.1, -0.05) is 54.2 Å². The Hall–Kier alpha value is -3.85. The van der Waals surface area contributed by atoms with E-state index in [1.165, 1.54) is 11.8 Å². The maximum Gasteiger partial charge on any atom is 0.237 e. The number of fused-ring (bicyclic) bond motifs is 1. The number of thioether (sulfide) groups is 1. The molecule has 172 valence electrons. The number of nitrogens with one attached hydrogen (secondary N) is 1. The van der Waals surface area contributed by atoms with E-state index in [-0.39, 0.29) is 30.0 Å². The Morgan fingerprint density at radius 2 is 1.88 bits per heavy atom. The van der Waals surface area contributed by atoms with Crippen LogP contribution < -0.4 is 10.2 Å². The monoisotopic (exact) mass is 473 g/mol. The average Bonchev–Trinajstić information content (AvgIpc) is 3.47. The Balaban J connectivity index is 1.41. The first kappa shape index (κ1) is 22.0. The van der Waals surface area contributed by atoms with Gasteiger partial charge in [0.25, 0.3) is 0 Å². The standard InChI is InChI=1S/C25H23N5O3S/c1-17-14-22(31)26-20-11-5-6-12-21(20)30(17)23(32)16-34-25-28-27-24(18-8-3-2-4-9-18)29(25)15-19-10-7-13-33-19/h2-13,17H,14-16H2,1H3,(H,26,31)/t17-/m1/s1. The number of aromatic nitrogens is 3. The molecule has 4 aromatic rings. The number of anilines is 2. The summed E-state index contributed by atoms with van der Waals surface area (Å²) in [7, 11) is 0. The van der Waals surface area contributed by atoms with Gasteiger partial charge < -0.3 is 14.6 Å². The number of amides is 2. The quantitative estimate of drug-likeness (QED) is 0.416. The Morgan fingerprint density at radius 3 is 2.68 bits per heavy atom. The minimum Gasteiger partial charge on any atom is -0.467 e. The Labute approximate surface area is 201 Å². The van der Waals surface area contributed by atoms with Crippen molar-refractivity contribution in [2.45, 2.75) is 31.1 Å². The molecule has 2 amide bonds. The van der Waals surface area contributed by atoms with E-state index in [0.717, 1.165) is 11.3 Å². The number of hydrogen-bond donors (Lipinski definition) is 1. The molecule has 0 fully saturated rings. The molecule has 0 bridgehead atoms. The SMILES string of the molecule is C[C@@H]1CC(=O)Nc2ccccc2N1C(=O)CSc1nnc(-c2ccccc2)n1Cc1ccco1. The summed E-state index contributed by atoms with van der Waals surface area (Å²) in [6.45, 7) is 2.33. The zero-order valence-electron chi connectivity index (χ0n) is 18.5. The van der Waals surface area contributed by atoms with Crippen molar-refractivity contribution in [2.24, 2.45) is 0 Å². The molecule has 1 N–H and O–H groups in total. The van der Waals surface area contributed by atoms with Crippen LogP contribution in [0.2, 0.25) is 0 Å². The molecule has 1 atom stereocenters. The normalized spacial score (nSPS) is 15.5. The summed E-state index contributed by atoms with van der Waals surface area (Å²) in [4.78, 5) is 27.4. The van der Waals surface area contributed by atoms with Gasteiger partial charge in [0.2, 0.25) is 11.8 Å². The molecule has 1 aliphatic heterocycles. The van der Waals surface area contributed by atoms with Gasteiger partial charge in [-0.3, -0.25) is 14.2 Å². The number of rotatable bonds is 6. The van der Waals surface area contributed by atoms with Gasteiger partial charge >= 0.3 is 0 Å². The molecule has 2 aromatic heterocycles. The highest BCUT2D eigenvalue weighted by atomic mass is 32.2. The van der Waals surface area contributed by atoms with Crippen LogP contribution in [-0.2, 0) is 16.1 Å². The topological polar surface area (TPSA) is 93.3 Å². The highest BCUT2D eigenvalue weighted by Crippen LogP contribution is 2.32. The molecule has 0 spiro atoms. The van der Waals surface area contributed by atoms with E-state index in [2.05, 4.69) is 15.5 Å². The molecule has 3 heterocycles. The fraction of sp³-hybridized carbons (Fsp3) is 0.200. The lowest BCUT2D eigenvalue weighted by atomic mass is 10.2. The third-order valence-corrected chi connectivity index (χ3v) is 6.55. The molecule has 34 heavy (non-hydrogen) atoms. The Morgan fingerprint density at radius 1 is 1.09 bits per heavy atom. The number of para-hydroxylation sites is 2. The summed E-state index contributed by atoms with van der Waals surface area (Å²) in [5.74, 6) is 1.42. The van der Waals surface area contributed by atoms with E-state index < -0.39 is 0 Å². The molecule has 0 aliphatic carbocycles. The van der Waals surface area contributed by atoms with Crippen molar-refractivity contribution in [3.8, 4) is 11.4 Å². The minimum absolute atomic E-state index is 0.102. The van der Waals surface area contributed by atoms with Crippen molar-refractivity contribution in [2.75, 3.05) is 16.0 Å². The van der Waals surface area contributed by atoms with Crippen molar-refractivity contribution >= 4 is 35.0 Å². The number of furan rings is 1. The summed E-state index contributed by atoms with van der Waals surface area (Å²) in [5, 5.41) is 12.3. The summed E-state index contributed by atoms with van der Waals surface area (Å²) in [5.41, 5.74) is 2.27. The van der Waals surface area contributed by atoms with Gasteiger partial charge in [-0.15, -0.1) is 10.2 Å². The molecule has 1 aliphatic rings. The van der Waals surface area contributed by atoms with Crippen LogP contribution in [-0.4, -0.2) is 38.4 Å². The maximum atomic E-state index is 13.4. The second-order valence-corrected chi connectivity index (χ2v) is 8.95. The molecule has 8 nitrogen and oxygen atoms in total. The van der Waals surface area contributed by atoms with Crippen molar-refractivity contribution in [1.29, 1.82) is 0 Å². The zero-order chi connectivity index (χ0) is 23.5. The van der Waals surface area contributed by atoms with Crippen LogP contribution in [0.4, 0.5) is 11.4 Å². The fourth-order valence-electron chi connectivity index (χ4n) is 4.06. The van der Waals surface area contributed by atoms with Crippen LogP contribution >= 0.6 is 11.8 Å². The van der Waals surface area contributed by atoms with Gasteiger partial charge in [0.1, 0.15) is 5.76 Å². The third kappa shape index (κ3) is 4.47. The molecule has 0 saturated carbocycles. The van der Waals surface area contributed by atoms with Gasteiger partial charge in [0.15, 0.2) is 11.0 Å². The molecule has 2 aromatic carbocycles. The summed E-state index contributed by atoms with van der Waals surface area (Å²) in [6, 6.07) is 20.6.